The molecule has 1 aliphatic heterocycles. The number of carboxylic acids is 1. The molecular formula is C14H22N4O5. The molecule has 0 aromatic carbocycles. The van der Waals surface area contributed by atoms with Crippen LogP contribution in [0.5, 0.6) is 0 Å². The van der Waals surface area contributed by atoms with E-state index in [4.69, 9.17) is 14.4 Å². The highest BCUT2D eigenvalue weighted by atomic mass is 16.6. The number of carbonyl (C=O) groups is 2. The molecule has 9 nitrogen and oxygen atoms in total. The van der Waals surface area contributed by atoms with Crippen molar-refractivity contribution in [2.45, 2.75) is 51.8 Å². The van der Waals surface area contributed by atoms with E-state index in [0.29, 0.717) is 11.7 Å². The number of carboxylic acid groups (broad SMARTS) is 1. The molecule has 1 fully saturated rings. The van der Waals surface area contributed by atoms with Crippen LogP contribution in [0.25, 0.3) is 0 Å². The summed E-state index contributed by atoms with van der Waals surface area (Å²) < 4.78 is 10.3. The number of hydrogen-bond acceptors (Lipinski definition) is 7. The third kappa shape index (κ3) is 4.65. The minimum absolute atomic E-state index is 0.112. The van der Waals surface area contributed by atoms with Gasteiger partial charge in [-0.1, -0.05) is 5.16 Å². The minimum Gasteiger partial charge on any atom is -0.481 e. The van der Waals surface area contributed by atoms with Gasteiger partial charge in [0.05, 0.1) is 18.5 Å². The highest BCUT2D eigenvalue weighted by molar-refractivity contribution is 5.73. The molecule has 1 amide bonds. The van der Waals surface area contributed by atoms with Gasteiger partial charge in [0.25, 0.3) is 0 Å². The van der Waals surface area contributed by atoms with Crippen molar-refractivity contribution in [2.24, 2.45) is 0 Å². The van der Waals surface area contributed by atoms with Crippen molar-refractivity contribution in [2.75, 3.05) is 13.1 Å². The van der Waals surface area contributed by atoms with Crippen LogP contribution in [0.3, 0.4) is 0 Å². The molecule has 0 atom stereocenters. The van der Waals surface area contributed by atoms with Crippen LogP contribution in [0.4, 0.5) is 4.79 Å². The average molecular weight is 326 g/mol. The molecule has 23 heavy (non-hydrogen) atoms. The standard InChI is InChI=1S/C14H22N4O5/c1-9-16-10(23-17-9)6-15-14(5-11(19)20)7-18(8-14)12(21)22-13(2,3)4/h15H,5-8H2,1-4H3,(H,19,20). The summed E-state index contributed by atoms with van der Waals surface area (Å²) in [5.74, 6) is -0.0518. The molecule has 2 rings (SSSR count). The average Bonchev–Trinajstić information content (AvgIpc) is 2.75. The number of aliphatic carboxylic acids is 1. The topological polar surface area (TPSA) is 118 Å². The van der Waals surface area contributed by atoms with Gasteiger partial charge in [-0.3, -0.25) is 10.1 Å². The van der Waals surface area contributed by atoms with Crippen molar-refractivity contribution in [1.82, 2.24) is 20.4 Å². The van der Waals surface area contributed by atoms with Crippen LogP contribution in [0.15, 0.2) is 4.52 Å². The molecule has 2 N–H and O–H groups in total. The molecule has 0 radical (unpaired) electrons. The summed E-state index contributed by atoms with van der Waals surface area (Å²) in [7, 11) is 0. The molecule has 0 bridgehead atoms. The number of rotatable bonds is 5. The number of ether oxygens (including phenoxy) is 1. The van der Waals surface area contributed by atoms with Crippen molar-refractivity contribution in [1.29, 1.82) is 0 Å². The Kier molecular flexibility index (Phi) is 4.60. The fourth-order valence-corrected chi connectivity index (χ4v) is 2.39. The largest absolute Gasteiger partial charge is 0.481 e. The Morgan fingerprint density at radius 2 is 2.09 bits per heavy atom. The van der Waals surface area contributed by atoms with Gasteiger partial charge in [-0.2, -0.15) is 4.98 Å². The Morgan fingerprint density at radius 3 is 2.57 bits per heavy atom. The SMILES string of the molecule is Cc1noc(CNC2(CC(=O)O)CN(C(=O)OC(C)(C)C)C2)n1. The predicted molar refractivity (Wildman–Crippen MR) is 78.7 cm³/mol. The van der Waals surface area contributed by atoms with Gasteiger partial charge >= 0.3 is 12.1 Å². The Hall–Kier alpha value is -2.16. The summed E-state index contributed by atoms with van der Waals surface area (Å²) in [5.41, 5.74) is -1.30. The number of carbonyl (C=O) groups excluding carboxylic acids is 1. The van der Waals surface area contributed by atoms with E-state index in [1.807, 2.05) is 0 Å². The van der Waals surface area contributed by atoms with Gasteiger partial charge in [-0.05, 0) is 27.7 Å². The normalized spacial score (nSPS) is 16.8. The van der Waals surface area contributed by atoms with Crippen LogP contribution >= 0.6 is 0 Å². The summed E-state index contributed by atoms with van der Waals surface area (Å²) in [6.45, 7) is 7.80. The molecule has 128 valence electrons. The van der Waals surface area contributed by atoms with Gasteiger partial charge in [0.15, 0.2) is 5.82 Å². The number of likely N-dealkylation sites (tertiary alicyclic amines) is 1. The molecule has 1 aliphatic rings. The number of hydrogen-bond donors (Lipinski definition) is 2. The highest BCUT2D eigenvalue weighted by Crippen LogP contribution is 2.27. The number of aromatic nitrogens is 2. The third-order valence-electron chi connectivity index (χ3n) is 3.31. The molecule has 0 spiro atoms. The van der Waals surface area contributed by atoms with Gasteiger partial charge in [-0.15, -0.1) is 0 Å². The first kappa shape index (κ1) is 17.2. The lowest BCUT2D eigenvalue weighted by molar-refractivity contribution is -0.141. The van der Waals surface area contributed by atoms with E-state index in [-0.39, 0.29) is 26.1 Å². The van der Waals surface area contributed by atoms with E-state index in [9.17, 15) is 9.59 Å². The summed E-state index contributed by atoms with van der Waals surface area (Å²) in [6, 6.07) is 0. The van der Waals surface area contributed by atoms with Gasteiger partial charge in [0, 0.05) is 13.1 Å². The molecule has 0 saturated carbocycles. The summed E-state index contributed by atoms with van der Waals surface area (Å²) >= 11 is 0. The van der Waals surface area contributed by atoms with Gasteiger partial charge in [0.2, 0.25) is 5.89 Å². The van der Waals surface area contributed by atoms with Gasteiger partial charge < -0.3 is 19.3 Å². The Labute approximate surface area is 134 Å². The molecule has 9 heteroatoms. The van der Waals surface area contributed by atoms with Crippen LogP contribution in [0.1, 0.15) is 38.9 Å². The molecule has 1 saturated heterocycles. The Bertz CT molecular complexity index is 586. The first-order chi connectivity index (χ1) is 10.6. The van der Waals surface area contributed by atoms with E-state index < -0.39 is 23.2 Å². The number of aryl methyl sites for hydroxylation is 1. The van der Waals surface area contributed by atoms with Crippen LogP contribution in [0, 0.1) is 6.92 Å². The van der Waals surface area contributed by atoms with E-state index in [2.05, 4.69) is 15.5 Å². The van der Waals surface area contributed by atoms with Crippen molar-refractivity contribution in [3.63, 3.8) is 0 Å². The zero-order chi connectivity index (χ0) is 17.3. The van der Waals surface area contributed by atoms with Crippen molar-refractivity contribution in [3.05, 3.63) is 11.7 Å². The second kappa shape index (κ2) is 6.15. The number of nitrogens with zero attached hydrogens (tertiary/aromatic N) is 3. The van der Waals surface area contributed by atoms with E-state index in [1.165, 1.54) is 4.90 Å². The fourth-order valence-electron chi connectivity index (χ4n) is 2.39. The molecule has 1 aromatic heterocycles. The Morgan fingerprint density at radius 1 is 1.43 bits per heavy atom. The molecule has 2 heterocycles. The maximum absolute atomic E-state index is 12.0. The van der Waals surface area contributed by atoms with Crippen molar-refractivity contribution >= 4 is 12.1 Å². The van der Waals surface area contributed by atoms with E-state index >= 15 is 0 Å². The lowest BCUT2D eigenvalue weighted by atomic mass is 9.86. The lowest BCUT2D eigenvalue weighted by Gasteiger charge is -2.49. The zero-order valence-corrected chi connectivity index (χ0v) is 13.8. The molecule has 0 aliphatic carbocycles. The summed E-state index contributed by atoms with van der Waals surface area (Å²) in [6.07, 6.45) is -0.562. The molecule has 0 unspecified atom stereocenters. The number of nitrogens with one attached hydrogen (secondary N) is 1. The summed E-state index contributed by atoms with van der Waals surface area (Å²) in [4.78, 5) is 28.6. The van der Waals surface area contributed by atoms with Crippen LogP contribution in [-0.2, 0) is 16.1 Å². The Balaban J connectivity index is 1.94. The highest BCUT2D eigenvalue weighted by Gasteiger charge is 2.47. The first-order valence-electron chi connectivity index (χ1n) is 7.33. The minimum atomic E-state index is -0.942. The second-order valence-electron chi connectivity index (χ2n) is 6.78. The molecule has 1 aromatic rings. The maximum atomic E-state index is 12.0. The van der Waals surface area contributed by atoms with Crippen molar-refractivity contribution < 1.29 is 24.0 Å². The van der Waals surface area contributed by atoms with Crippen molar-refractivity contribution in [3.8, 4) is 0 Å². The smallest absolute Gasteiger partial charge is 0.410 e. The maximum Gasteiger partial charge on any atom is 0.410 e. The van der Waals surface area contributed by atoms with E-state index in [1.54, 1.807) is 27.7 Å². The monoisotopic (exact) mass is 326 g/mol. The fraction of sp³-hybridized carbons (Fsp3) is 0.714. The molecular weight excluding hydrogens is 304 g/mol. The van der Waals surface area contributed by atoms with Gasteiger partial charge in [0.1, 0.15) is 5.60 Å². The summed E-state index contributed by atoms with van der Waals surface area (Å²) in [5, 5.41) is 15.9. The number of amides is 1. The first-order valence-corrected chi connectivity index (χ1v) is 7.33. The van der Waals surface area contributed by atoms with Gasteiger partial charge in [-0.25, -0.2) is 4.79 Å². The third-order valence-corrected chi connectivity index (χ3v) is 3.31. The van der Waals surface area contributed by atoms with Crippen LogP contribution in [0.2, 0.25) is 0 Å². The predicted octanol–water partition coefficient (Wildman–Crippen LogP) is 0.932. The lowest BCUT2D eigenvalue weighted by Crippen LogP contribution is -2.71. The second-order valence-corrected chi connectivity index (χ2v) is 6.78. The van der Waals surface area contributed by atoms with Crippen LogP contribution < -0.4 is 5.32 Å². The van der Waals surface area contributed by atoms with E-state index in [0.717, 1.165) is 0 Å². The van der Waals surface area contributed by atoms with Crippen LogP contribution in [-0.4, -0.2) is 56.4 Å². The quantitative estimate of drug-likeness (QED) is 0.820. The zero-order valence-electron chi connectivity index (χ0n) is 13.8.